The molecule has 0 amide bonds. The highest BCUT2D eigenvalue weighted by molar-refractivity contribution is 5.85. The van der Waals surface area contributed by atoms with E-state index in [0.29, 0.717) is 0 Å². The average Bonchev–Trinajstić information content (AvgIpc) is 3.15. The third kappa shape index (κ3) is 3.36. The smallest absolute Gasteiger partial charge is 0.0366 e. The van der Waals surface area contributed by atoms with Crippen LogP contribution in [0.4, 0.5) is 5.69 Å². The van der Waals surface area contributed by atoms with Crippen molar-refractivity contribution in [2.75, 3.05) is 18.0 Å². The molecule has 2 rings (SSSR count). The first-order chi connectivity index (χ1) is 7.76. The summed E-state index contributed by atoms with van der Waals surface area (Å²) in [7, 11) is 0. The first-order valence-electron chi connectivity index (χ1n) is 6.36. The van der Waals surface area contributed by atoms with E-state index < -0.39 is 0 Å². The molecule has 1 aromatic rings. The Morgan fingerprint density at radius 2 is 1.71 bits per heavy atom. The average molecular weight is 255 g/mol. The summed E-state index contributed by atoms with van der Waals surface area (Å²) in [5.74, 6) is 0.735. The lowest BCUT2D eigenvalue weighted by molar-refractivity contribution is 0.633. The van der Waals surface area contributed by atoms with Crippen LogP contribution < -0.4 is 10.6 Å². The van der Waals surface area contributed by atoms with Crippen LogP contribution in [0.25, 0.3) is 0 Å². The quantitative estimate of drug-likeness (QED) is 0.873. The van der Waals surface area contributed by atoms with E-state index in [1.807, 2.05) is 0 Å². The second-order valence-corrected chi connectivity index (χ2v) is 4.63. The van der Waals surface area contributed by atoms with Gasteiger partial charge in [0.15, 0.2) is 0 Å². The molecule has 1 fully saturated rings. The monoisotopic (exact) mass is 254 g/mol. The second-order valence-electron chi connectivity index (χ2n) is 4.63. The Bertz CT molecular complexity index is 308. The third-order valence-corrected chi connectivity index (χ3v) is 3.54. The van der Waals surface area contributed by atoms with Gasteiger partial charge in [0.25, 0.3) is 0 Å². The molecule has 0 bridgehead atoms. The largest absolute Gasteiger partial charge is 0.372 e. The molecule has 1 aliphatic carbocycles. The molecule has 0 spiro atoms. The fourth-order valence-electron chi connectivity index (χ4n) is 2.22. The van der Waals surface area contributed by atoms with Crippen molar-refractivity contribution >= 4 is 18.1 Å². The molecule has 1 aromatic carbocycles. The van der Waals surface area contributed by atoms with E-state index in [9.17, 15) is 0 Å². The summed E-state index contributed by atoms with van der Waals surface area (Å²) in [6.45, 7) is 6.50. The van der Waals surface area contributed by atoms with Crippen LogP contribution in [0.5, 0.6) is 0 Å². The van der Waals surface area contributed by atoms with Crippen LogP contribution in [0.15, 0.2) is 24.3 Å². The van der Waals surface area contributed by atoms with Crippen LogP contribution in [0.3, 0.4) is 0 Å². The third-order valence-electron chi connectivity index (χ3n) is 3.54. The lowest BCUT2D eigenvalue weighted by Gasteiger charge is -2.21. The summed E-state index contributed by atoms with van der Waals surface area (Å²) >= 11 is 0. The van der Waals surface area contributed by atoms with Crippen molar-refractivity contribution in [2.45, 2.75) is 32.7 Å². The number of nitrogens with two attached hydrogens (primary N) is 1. The molecule has 2 N–H and O–H groups in total. The number of nitrogens with zero attached hydrogens (tertiary/aromatic N) is 1. The molecule has 1 atom stereocenters. The van der Waals surface area contributed by atoms with E-state index in [1.54, 1.807) is 0 Å². The zero-order chi connectivity index (χ0) is 11.5. The number of halogens is 1. The predicted molar refractivity (Wildman–Crippen MR) is 76.9 cm³/mol. The number of benzene rings is 1. The van der Waals surface area contributed by atoms with Crippen LogP contribution in [-0.4, -0.2) is 13.1 Å². The molecule has 0 radical (unpaired) electrons. The molecular formula is C14H23ClN2. The minimum Gasteiger partial charge on any atom is -0.372 e. The molecule has 0 aromatic heterocycles. The molecule has 0 heterocycles. The maximum absolute atomic E-state index is 6.18. The number of hydrogen-bond donors (Lipinski definition) is 1. The van der Waals surface area contributed by atoms with Crippen LogP contribution in [0.1, 0.15) is 38.3 Å². The van der Waals surface area contributed by atoms with E-state index in [1.165, 1.54) is 24.1 Å². The van der Waals surface area contributed by atoms with Gasteiger partial charge in [-0.15, -0.1) is 12.4 Å². The fraction of sp³-hybridized carbons (Fsp3) is 0.571. The molecule has 0 unspecified atom stereocenters. The van der Waals surface area contributed by atoms with Crippen molar-refractivity contribution in [3.63, 3.8) is 0 Å². The van der Waals surface area contributed by atoms with E-state index in [0.717, 1.165) is 19.0 Å². The highest BCUT2D eigenvalue weighted by Gasteiger charge is 2.29. The van der Waals surface area contributed by atoms with Gasteiger partial charge in [0.2, 0.25) is 0 Å². The molecule has 1 aliphatic rings. The van der Waals surface area contributed by atoms with Crippen LogP contribution in [0, 0.1) is 5.92 Å². The molecule has 1 saturated carbocycles. The van der Waals surface area contributed by atoms with Crippen molar-refractivity contribution in [3.05, 3.63) is 29.8 Å². The number of rotatable bonds is 5. The van der Waals surface area contributed by atoms with Crippen molar-refractivity contribution < 1.29 is 0 Å². The van der Waals surface area contributed by atoms with Crippen molar-refractivity contribution in [1.29, 1.82) is 0 Å². The summed E-state index contributed by atoms with van der Waals surface area (Å²) < 4.78 is 0. The van der Waals surface area contributed by atoms with Gasteiger partial charge in [-0.05, 0) is 50.3 Å². The van der Waals surface area contributed by atoms with Gasteiger partial charge in [0.05, 0.1) is 0 Å². The summed E-state index contributed by atoms with van der Waals surface area (Å²) in [4.78, 5) is 2.35. The van der Waals surface area contributed by atoms with E-state index in [4.69, 9.17) is 5.73 Å². The van der Waals surface area contributed by atoms with Gasteiger partial charge in [0.1, 0.15) is 0 Å². The minimum atomic E-state index is 0. The molecule has 17 heavy (non-hydrogen) atoms. The van der Waals surface area contributed by atoms with Gasteiger partial charge in [-0.3, -0.25) is 0 Å². The highest BCUT2D eigenvalue weighted by Crippen LogP contribution is 2.39. The fourth-order valence-corrected chi connectivity index (χ4v) is 2.22. The Kier molecular flexibility index (Phi) is 5.29. The van der Waals surface area contributed by atoms with Crippen LogP contribution in [0.2, 0.25) is 0 Å². The Hall–Kier alpha value is -0.730. The van der Waals surface area contributed by atoms with Crippen molar-refractivity contribution in [1.82, 2.24) is 0 Å². The number of anilines is 1. The minimum absolute atomic E-state index is 0. The van der Waals surface area contributed by atoms with Crippen molar-refractivity contribution in [2.24, 2.45) is 11.7 Å². The topological polar surface area (TPSA) is 29.3 Å². The van der Waals surface area contributed by atoms with Crippen LogP contribution >= 0.6 is 12.4 Å². The Labute approximate surface area is 111 Å². The van der Waals surface area contributed by atoms with E-state index in [2.05, 4.69) is 43.0 Å². The summed E-state index contributed by atoms with van der Waals surface area (Å²) in [6, 6.07) is 9.04. The first kappa shape index (κ1) is 14.3. The lowest BCUT2D eigenvalue weighted by atomic mass is 10.0. The summed E-state index contributed by atoms with van der Waals surface area (Å²) in [5, 5.41) is 0. The molecule has 0 aliphatic heterocycles. The zero-order valence-electron chi connectivity index (χ0n) is 10.7. The van der Waals surface area contributed by atoms with E-state index >= 15 is 0 Å². The Morgan fingerprint density at radius 3 is 2.12 bits per heavy atom. The Balaban J connectivity index is 0.00000144. The van der Waals surface area contributed by atoms with Gasteiger partial charge in [-0.25, -0.2) is 0 Å². The second kappa shape index (κ2) is 6.27. The predicted octanol–water partition coefficient (Wildman–Crippen LogP) is 3.36. The molecule has 3 heteroatoms. The van der Waals surface area contributed by atoms with Crippen LogP contribution in [-0.2, 0) is 0 Å². The van der Waals surface area contributed by atoms with Crippen molar-refractivity contribution in [3.8, 4) is 0 Å². The Morgan fingerprint density at radius 1 is 1.18 bits per heavy atom. The van der Waals surface area contributed by atoms with Gasteiger partial charge < -0.3 is 10.6 Å². The first-order valence-corrected chi connectivity index (χ1v) is 6.36. The summed E-state index contributed by atoms with van der Waals surface area (Å²) in [5.41, 5.74) is 8.77. The normalized spacial score (nSPS) is 16.2. The van der Waals surface area contributed by atoms with Gasteiger partial charge >= 0.3 is 0 Å². The maximum atomic E-state index is 6.18. The molecule has 0 saturated heterocycles. The highest BCUT2D eigenvalue weighted by atomic mass is 35.5. The van der Waals surface area contributed by atoms with Gasteiger partial charge in [0, 0.05) is 24.8 Å². The van der Waals surface area contributed by atoms with Gasteiger partial charge in [-0.1, -0.05) is 12.1 Å². The van der Waals surface area contributed by atoms with Gasteiger partial charge in [-0.2, -0.15) is 0 Å². The van der Waals surface area contributed by atoms with E-state index in [-0.39, 0.29) is 18.4 Å². The standard InChI is InChI=1S/C14H22N2.ClH/c1-3-16(4-2)13-9-7-12(8-10-13)14(15)11-5-6-11;/h7-11,14H,3-6,15H2,1-2H3;1H/t14-;/m0./s1. The lowest BCUT2D eigenvalue weighted by Crippen LogP contribution is -2.21. The SMILES string of the molecule is CCN(CC)c1ccc([C@@H](N)C2CC2)cc1.Cl. The molecule has 96 valence electrons. The zero-order valence-corrected chi connectivity index (χ0v) is 11.5. The summed E-state index contributed by atoms with van der Waals surface area (Å²) in [6.07, 6.45) is 2.61. The molecule has 2 nitrogen and oxygen atoms in total. The number of hydrogen-bond acceptors (Lipinski definition) is 2. The maximum Gasteiger partial charge on any atom is 0.0366 e. The molecular weight excluding hydrogens is 232 g/mol.